The minimum absolute atomic E-state index is 0.0361. The summed E-state index contributed by atoms with van der Waals surface area (Å²) in [7, 11) is 0. The zero-order chi connectivity index (χ0) is 15.2. The summed E-state index contributed by atoms with van der Waals surface area (Å²) in [6, 6.07) is 1.79. The Morgan fingerprint density at radius 2 is 2.33 bits per heavy atom. The monoisotopic (exact) mass is 305 g/mol. The highest BCUT2D eigenvalue weighted by Gasteiger charge is 2.12. The number of carbonyl (C=O) groups is 1. The smallest absolute Gasteiger partial charge is 0.261 e. The Bertz CT molecular complexity index is 694. The van der Waals surface area contributed by atoms with Crippen molar-refractivity contribution in [3.05, 3.63) is 33.1 Å². The normalized spacial score (nSPS) is 10.0. The van der Waals surface area contributed by atoms with E-state index in [0.717, 1.165) is 10.4 Å². The zero-order valence-corrected chi connectivity index (χ0v) is 12.6. The van der Waals surface area contributed by atoms with E-state index in [1.54, 1.807) is 13.0 Å². The third kappa shape index (κ3) is 4.15. The molecule has 0 saturated carbocycles. The fraction of sp³-hybridized carbons (Fsp3) is 0.357. The molecule has 0 aliphatic heterocycles. The number of nitrogens with zero attached hydrogens (tertiary/aromatic N) is 2. The van der Waals surface area contributed by atoms with Gasteiger partial charge in [-0.05, 0) is 25.5 Å². The van der Waals surface area contributed by atoms with Crippen LogP contribution in [0.1, 0.15) is 38.2 Å². The molecule has 0 aliphatic carbocycles. The van der Waals surface area contributed by atoms with E-state index in [2.05, 4.69) is 27.3 Å². The van der Waals surface area contributed by atoms with Crippen LogP contribution in [0.2, 0.25) is 0 Å². The van der Waals surface area contributed by atoms with E-state index in [4.69, 9.17) is 9.63 Å². The number of aliphatic hydroxyl groups excluding tert-OH is 1. The molecule has 21 heavy (non-hydrogen) atoms. The van der Waals surface area contributed by atoms with E-state index < -0.39 is 0 Å². The molecule has 110 valence electrons. The molecule has 0 radical (unpaired) electrons. The van der Waals surface area contributed by atoms with Crippen LogP contribution in [0.4, 0.5) is 0 Å². The number of aliphatic hydroxyl groups is 1. The first-order chi connectivity index (χ1) is 10.1. The van der Waals surface area contributed by atoms with Gasteiger partial charge in [0.2, 0.25) is 5.89 Å². The predicted octanol–water partition coefficient (Wildman–Crippen LogP) is 1.41. The number of amides is 1. The van der Waals surface area contributed by atoms with Gasteiger partial charge in [0, 0.05) is 6.42 Å². The summed E-state index contributed by atoms with van der Waals surface area (Å²) < 4.78 is 4.93. The van der Waals surface area contributed by atoms with E-state index in [1.165, 1.54) is 11.3 Å². The predicted molar refractivity (Wildman–Crippen MR) is 77.8 cm³/mol. The van der Waals surface area contributed by atoms with Crippen LogP contribution in [0.25, 0.3) is 0 Å². The summed E-state index contributed by atoms with van der Waals surface area (Å²) in [6.07, 6.45) is 0.426. The molecule has 0 spiro atoms. The molecule has 0 fully saturated rings. The van der Waals surface area contributed by atoms with Crippen molar-refractivity contribution in [2.45, 2.75) is 26.8 Å². The minimum atomic E-state index is -0.200. The summed E-state index contributed by atoms with van der Waals surface area (Å²) in [5, 5.41) is 15.1. The number of hydrogen-bond donors (Lipinski definition) is 2. The lowest BCUT2D eigenvalue weighted by Crippen LogP contribution is -2.21. The van der Waals surface area contributed by atoms with Crippen LogP contribution in [0, 0.1) is 25.7 Å². The second-order valence-corrected chi connectivity index (χ2v) is 5.37. The molecule has 0 bridgehead atoms. The lowest BCUT2D eigenvalue weighted by molar-refractivity contribution is 0.0950. The Hall–Kier alpha value is -2.17. The van der Waals surface area contributed by atoms with E-state index in [9.17, 15) is 4.79 Å². The van der Waals surface area contributed by atoms with Crippen molar-refractivity contribution in [2.24, 2.45) is 0 Å². The Labute approximate surface area is 126 Å². The average molecular weight is 305 g/mol. The highest BCUT2D eigenvalue weighted by atomic mass is 32.1. The number of hydrogen-bond acceptors (Lipinski definition) is 6. The van der Waals surface area contributed by atoms with Crippen LogP contribution in [-0.4, -0.2) is 27.8 Å². The van der Waals surface area contributed by atoms with Gasteiger partial charge in [-0.25, -0.2) is 0 Å². The van der Waals surface area contributed by atoms with Gasteiger partial charge in [-0.1, -0.05) is 17.0 Å². The molecule has 0 saturated heterocycles. The van der Waals surface area contributed by atoms with Crippen LogP contribution < -0.4 is 5.32 Å². The molecule has 0 aromatic carbocycles. The van der Waals surface area contributed by atoms with Crippen molar-refractivity contribution in [3.63, 3.8) is 0 Å². The minimum Gasteiger partial charge on any atom is -0.395 e. The van der Waals surface area contributed by atoms with Crippen LogP contribution in [0.3, 0.4) is 0 Å². The van der Waals surface area contributed by atoms with E-state index in [-0.39, 0.29) is 19.1 Å². The maximum absolute atomic E-state index is 12.0. The first-order valence-electron chi connectivity index (χ1n) is 6.37. The van der Waals surface area contributed by atoms with Gasteiger partial charge in [-0.3, -0.25) is 4.79 Å². The molecule has 2 heterocycles. The van der Waals surface area contributed by atoms with Gasteiger partial charge in [0.25, 0.3) is 5.91 Å². The van der Waals surface area contributed by atoms with Crippen LogP contribution in [0.15, 0.2) is 10.6 Å². The van der Waals surface area contributed by atoms with Crippen LogP contribution in [0.5, 0.6) is 0 Å². The number of aryl methyl sites for hydroxylation is 2. The summed E-state index contributed by atoms with van der Waals surface area (Å²) in [5.74, 6) is 6.51. The number of rotatable bonds is 4. The summed E-state index contributed by atoms with van der Waals surface area (Å²) in [6.45, 7) is 3.85. The van der Waals surface area contributed by atoms with Gasteiger partial charge in [0.05, 0.1) is 22.9 Å². The highest BCUT2D eigenvalue weighted by Crippen LogP contribution is 2.21. The topological polar surface area (TPSA) is 88.2 Å². The summed E-state index contributed by atoms with van der Waals surface area (Å²) in [4.78, 5) is 17.5. The molecule has 0 aliphatic rings. The van der Waals surface area contributed by atoms with Crippen molar-refractivity contribution in [1.29, 1.82) is 0 Å². The lowest BCUT2D eigenvalue weighted by atomic mass is 10.2. The average Bonchev–Trinajstić information content (AvgIpc) is 3.03. The maximum Gasteiger partial charge on any atom is 0.261 e. The SMILES string of the molecule is Cc1noc(CNC(=O)c2cc(C)c(C#CCCO)s2)n1. The van der Waals surface area contributed by atoms with Gasteiger partial charge < -0.3 is 14.9 Å². The molecular weight excluding hydrogens is 290 g/mol. The molecule has 6 nitrogen and oxygen atoms in total. The van der Waals surface area contributed by atoms with Gasteiger partial charge >= 0.3 is 0 Å². The molecule has 7 heteroatoms. The quantitative estimate of drug-likeness (QED) is 0.834. The molecule has 2 aromatic heterocycles. The molecule has 2 rings (SSSR count). The van der Waals surface area contributed by atoms with E-state index >= 15 is 0 Å². The van der Waals surface area contributed by atoms with Gasteiger partial charge in [-0.2, -0.15) is 4.98 Å². The second kappa shape index (κ2) is 7.02. The fourth-order valence-electron chi connectivity index (χ4n) is 1.57. The van der Waals surface area contributed by atoms with Crippen molar-refractivity contribution in [1.82, 2.24) is 15.5 Å². The van der Waals surface area contributed by atoms with Crippen molar-refractivity contribution < 1.29 is 14.4 Å². The maximum atomic E-state index is 12.0. The Balaban J connectivity index is 2.00. The molecule has 1 amide bonds. The number of nitrogens with one attached hydrogen (secondary N) is 1. The largest absolute Gasteiger partial charge is 0.395 e. The lowest BCUT2D eigenvalue weighted by Gasteiger charge is -1.98. The summed E-state index contributed by atoms with van der Waals surface area (Å²) >= 11 is 1.32. The Morgan fingerprint density at radius 1 is 1.52 bits per heavy atom. The van der Waals surface area contributed by atoms with Crippen LogP contribution >= 0.6 is 11.3 Å². The Morgan fingerprint density at radius 3 is 3.00 bits per heavy atom. The second-order valence-electron chi connectivity index (χ2n) is 4.32. The Kier molecular flexibility index (Phi) is 5.09. The third-order valence-corrected chi connectivity index (χ3v) is 3.70. The van der Waals surface area contributed by atoms with Crippen LogP contribution in [-0.2, 0) is 6.54 Å². The molecular formula is C14H15N3O3S. The van der Waals surface area contributed by atoms with E-state index in [0.29, 0.717) is 23.0 Å². The van der Waals surface area contributed by atoms with Crippen molar-refractivity contribution in [2.75, 3.05) is 6.61 Å². The van der Waals surface area contributed by atoms with Gasteiger partial charge in [0.1, 0.15) is 0 Å². The highest BCUT2D eigenvalue weighted by molar-refractivity contribution is 7.14. The molecule has 0 unspecified atom stereocenters. The zero-order valence-electron chi connectivity index (χ0n) is 11.8. The van der Waals surface area contributed by atoms with E-state index in [1.807, 2.05) is 6.92 Å². The number of thiophene rings is 1. The van der Waals surface area contributed by atoms with Gasteiger partial charge in [-0.15, -0.1) is 11.3 Å². The first-order valence-corrected chi connectivity index (χ1v) is 7.19. The summed E-state index contributed by atoms with van der Waals surface area (Å²) in [5.41, 5.74) is 0.948. The third-order valence-electron chi connectivity index (χ3n) is 2.55. The number of aromatic nitrogens is 2. The first kappa shape index (κ1) is 15.2. The molecule has 2 aromatic rings. The molecule has 2 N–H and O–H groups in total. The van der Waals surface area contributed by atoms with Gasteiger partial charge in [0.15, 0.2) is 5.82 Å². The molecule has 0 atom stereocenters. The fourth-order valence-corrected chi connectivity index (χ4v) is 2.54. The number of carbonyl (C=O) groups excluding carboxylic acids is 1. The van der Waals surface area contributed by atoms with Crippen molar-refractivity contribution >= 4 is 17.2 Å². The standard InChI is InChI=1S/C14H15N3O3S/c1-9-7-12(21-11(9)5-3-4-6-18)14(19)15-8-13-16-10(2)17-20-13/h7,18H,4,6,8H2,1-2H3,(H,15,19). The van der Waals surface area contributed by atoms with Crippen molar-refractivity contribution in [3.8, 4) is 11.8 Å².